The van der Waals surface area contributed by atoms with Crippen molar-refractivity contribution >= 4 is 22.7 Å². The van der Waals surface area contributed by atoms with Gasteiger partial charge in [-0.2, -0.15) is 0 Å². The quantitative estimate of drug-likeness (QED) is 0.781. The zero-order valence-electron chi connectivity index (χ0n) is 14.3. The lowest BCUT2D eigenvalue weighted by Crippen LogP contribution is -2.32. The average molecular weight is 336 g/mol. The molecule has 1 amide bonds. The fraction of sp³-hybridized carbons (Fsp3) is 0.300. The lowest BCUT2D eigenvalue weighted by atomic mass is 9.96. The van der Waals surface area contributed by atoms with E-state index in [1.54, 1.807) is 0 Å². The molecule has 5 heteroatoms. The van der Waals surface area contributed by atoms with Crippen molar-refractivity contribution in [3.05, 3.63) is 53.9 Å². The molecule has 1 unspecified atom stereocenters. The van der Waals surface area contributed by atoms with E-state index in [0.29, 0.717) is 18.9 Å². The summed E-state index contributed by atoms with van der Waals surface area (Å²) in [6, 6.07) is 13.4. The van der Waals surface area contributed by atoms with Gasteiger partial charge in [0.05, 0.1) is 5.92 Å². The van der Waals surface area contributed by atoms with E-state index in [0.717, 1.165) is 28.1 Å². The zero-order chi connectivity index (χ0) is 17.4. The fourth-order valence-electron chi connectivity index (χ4n) is 3.01. The molecular weight excluding hydrogens is 316 g/mol. The standard InChI is InChI=1S/C20H20N2O3/c1-12(2)20-22-16-10-15(7-8-18(16)25-20)21-19(23)14-9-13-5-3-4-6-17(13)24-11-14/h3-8,10,12,14H,9,11H2,1-2H3,(H,21,23). The molecule has 3 aromatic rings. The van der Waals surface area contributed by atoms with Crippen LogP contribution in [0.2, 0.25) is 0 Å². The van der Waals surface area contributed by atoms with Crippen LogP contribution in [0.15, 0.2) is 46.9 Å². The molecule has 0 spiro atoms. The summed E-state index contributed by atoms with van der Waals surface area (Å²) in [6.07, 6.45) is 0.686. The number of carbonyl (C=O) groups excluding carboxylic acids is 1. The van der Waals surface area contributed by atoms with Gasteiger partial charge in [-0.15, -0.1) is 0 Å². The third-order valence-electron chi connectivity index (χ3n) is 4.42. The minimum atomic E-state index is -0.200. The Morgan fingerprint density at radius 1 is 1.24 bits per heavy atom. The lowest BCUT2D eigenvalue weighted by molar-refractivity contribution is -0.121. The third kappa shape index (κ3) is 3.09. The Morgan fingerprint density at radius 3 is 2.92 bits per heavy atom. The summed E-state index contributed by atoms with van der Waals surface area (Å²) in [5.74, 6) is 1.56. The number of oxazole rings is 1. The van der Waals surface area contributed by atoms with Crippen LogP contribution in [0.1, 0.15) is 31.2 Å². The second-order valence-corrected chi connectivity index (χ2v) is 6.70. The van der Waals surface area contributed by atoms with Gasteiger partial charge in [0.2, 0.25) is 5.91 Å². The van der Waals surface area contributed by atoms with Crippen LogP contribution in [0.5, 0.6) is 5.75 Å². The molecule has 1 aliphatic rings. The summed E-state index contributed by atoms with van der Waals surface area (Å²) in [6.45, 7) is 4.47. The van der Waals surface area contributed by atoms with Gasteiger partial charge in [0.15, 0.2) is 11.5 Å². The first-order valence-corrected chi connectivity index (χ1v) is 8.52. The van der Waals surface area contributed by atoms with Crippen molar-refractivity contribution in [3.8, 4) is 5.75 Å². The number of anilines is 1. The molecule has 0 aliphatic carbocycles. The summed E-state index contributed by atoms with van der Waals surface area (Å²) >= 11 is 0. The molecule has 2 heterocycles. The number of amides is 1. The molecule has 4 rings (SSSR count). The molecule has 0 saturated carbocycles. The molecule has 2 aromatic carbocycles. The monoisotopic (exact) mass is 336 g/mol. The van der Waals surface area contributed by atoms with Gasteiger partial charge in [-0.25, -0.2) is 4.98 Å². The maximum absolute atomic E-state index is 12.6. The average Bonchev–Trinajstić information content (AvgIpc) is 3.05. The summed E-state index contributed by atoms with van der Waals surface area (Å²) in [4.78, 5) is 17.1. The Bertz CT molecular complexity index is 930. The number of para-hydroxylation sites is 1. The highest BCUT2D eigenvalue weighted by Crippen LogP contribution is 2.28. The number of benzene rings is 2. The van der Waals surface area contributed by atoms with Gasteiger partial charge in [0.1, 0.15) is 17.9 Å². The van der Waals surface area contributed by atoms with E-state index in [1.807, 2.05) is 56.3 Å². The Labute approximate surface area is 146 Å². The number of ether oxygens (including phenoxy) is 1. The van der Waals surface area contributed by atoms with Crippen molar-refractivity contribution in [2.75, 3.05) is 11.9 Å². The number of hydrogen-bond donors (Lipinski definition) is 1. The predicted molar refractivity (Wildman–Crippen MR) is 95.9 cm³/mol. The highest BCUT2D eigenvalue weighted by Gasteiger charge is 2.26. The number of aromatic nitrogens is 1. The number of hydrogen-bond acceptors (Lipinski definition) is 4. The molecule has 1 N–H and O–H groups in total. The molecule has 0 radical (unpaired) electrons. The topological polar surface area (TPSA) is 64.4 Å². The maximum atomic E-state index is 12.6. The van der Waals surface area contributed by atoms with Crippen LogP contribution in [0, 0.1) is 5.92 Å². The first-order chi connectivity index (χ1) is 12.1. The summed E-state index contributed by atoms with van der Waals surface area (Å²) in [7, 11) is 0. The Balaban J connectivity index is 1.50. The van der Waals surface area contributed by atoms with Crippen molar-refractivity contribution in [1.29, 1.82) is 0 Å². The van der Waals surface area contributed by atoms with E-state index in [4.69, 9.17) is 9.15 Å². The Morgan fingerprint density at radius 2 is 2.08 bits per heavy atom. The van der Waals surface area contributed by atoms with Gasteiger partial charge < -0.3 is 14.5 Å². The van der Waals surface area contributed by atoms with Crippen LogP contribution in [-0.4, -0.2) is 17.5 Å². The van der Waals surface area contributed by atoms with E-state index in [9.17, 15) is 4.79 Å². The number of nitrogens with zero attached hydrogens (tertiary/aromatic N) is 1. The van der Waals surface area contributed by atoms with E-state index in [1.165, 1.54) is 0 Å². The normalized spacial score (nSPS) is 16.5. The van der Waals surface area contributed by atoms with E-state index in [2.05, 4.69) is 10.3 Å². The third-order valence-corrected chi connectivity index (χ3v) is 4.42. The molecule has 1 atom stereocenters. The predicted octanol–water partition coefficient (Wildman–Crippen LogP) is 4.14. The van der Waals surface area contributed by atoms with Crippen molar-refractivity contribution in [2.45, 2.75) is 26.2 Å². The van der Waals surface area contributed by atoms with Gasteiger partial charge in [-0.05, 0) is 36.2 Å². The molecule has 1 aromatic heterocycles. The summed E-state index contributed by atoms with van der Waals surface area (Å²) < 4.78 is 11.4. The van der Waals surface area contributed by atoms with Crippen LogP contribution >= 0.6 is 0 Å². The van der Waals surface area contributed by atoms with E-state index < -0.39 is 0 Å². The van der Waals surface area contributed by atoms with Gasteiger partial charge in [0.25, 0.3) is 0 Å². The van der Waals surface area contributed by atoms with E-state index in [-0.39, 0.29) is 17.7 Å². The fourth-order valence-corrected chi connectivity index (χ4v) is 3.01. The Kier molecular flexibility index (Phi) is 3.92. The van der Waals surface area contributed by atoms with Crippen LogP contribution in [0.3, 0.4) is 0 Å². The first kappa shape index (κ1) is 15.7. The zero-order valence-corrected chi connectivity index (χ0v) is 14.3. The van der Waals surface area contributed by atoms with Crippen molar-refractivity contribution in [2.24, 2.45) is 5.92 Å². The second-order valence-electron chi connectivity index (χ2n) is 6.70. The minimum Gasteiger partial charge on any atom is -0.492 e. The molecule has 128 valence electrons. The van der Waals surface area contributed by atoms with Crippen LogP contribution in [-0.2, 0) is 11.2 Å². The summed E-state index contributed by atoms with van der Waals surface area (Å²) in [5, 5.41) is 2.97. The van der Waals surface area contributed by atoms with Crippen molar-refractivity contribution < 1.29 is 13.9 Å². The molecule has 0 bridgehead atoms. The van der Waals surface area contributed by atoms with Gasteiger partial charge in [0, 0.05) is 11.6 Å². The van der Waals surface area contributed by atoms with Crippen LogP contribution in [0.25, 0.3) is 11.1 Å². The largest absolute Gasteiger partial charge is 0.492 e. The minimum absolute atomic E-state index is 0.0403. The highest BCUT2D eigenvalue weighted by molar-refractivity contribution is 5.94. The van der Waals surface area contributed by atoms with Crippen molar-refractivity contribution in [1.82, 2.24) is 4.98 Å². The molecule has 0 fully saturated rings. The molecular formula is C20H20N2O3. The van der Waals surface area contributed by atoms with Gasteiger partial charge in [-0.3, -0.25) is 4.79 Å². The Hall–Kier alpha value is -2.82. The van der Waals surface area contributed by atoms with E-state index >= 15 is 0 Å². The number of nitrogens with one attached hydrogen (secondary N) is 1. The van der Waals surface area contributed by atoms with Gasteiger partial charge >= 0.3 is 0 Å². The SMILES string of the molecule is CC(C)c1nc2cc(NC(=O)C3COc4ccccc4C3)ccc2o1. The van der Waals surface area contributed by atoms with Gasteiger partial charge in [-0.1, -0.05) is 32.0 Å². The number of rotatable bonds is 3. The van der Waals surface area contributed by atoms with Crippen LogP contribution in [0.4, 0.5) is 5.69 Å². The smallest absolute Gasteiger partial charge is 0.231 e. The second kappa shape index (κ2) is 6.24. The number of fused-ring (bicyclic) bond motifs is 2. The molecule has 25 heavy (non-hydrogen) atoms. The first-order valence-electron chi connectivity index (χ1n) is 8.52. The number of carbonyl (C=O) groups is 1. The van der Waals surface area contributed by atoms with Crippen molar-refractivity contribution in [3.63, 3.8) is 0 Å². The molecule has 0 saturated heterocycles. The maximum Gasteiger partial charge on any atom is 0.231 e. The summed E-state index contributed by atoms with van der Waals surface area (Å²) in [5.41, 5.74) is 3.28. The highest BCUT2D eigenvalue weighted by atomic mass is 16.5. The molecule has 1 aliphatic heterocycles. The molecule has 5 nitrogen and oxygen atoms in total. The lowest BCUT2D eigenvalue weighted by Gasteiger charge is -2.24. The van der Waals surface area contributed by atoms with Crippen LogP contribution < -0.4 is 10.1 Å².